The fraction of sp³-hybridized carbons (Fsp3) is 0.150. The van der Waals surface area contributed by atoms with Gasteiger partial charge in [-0.05, 0) is 19.9 Å². The van der Waals surface area contributed by atoms with Crippen LogP contribution in [0.15, 0.2) is 57.5 Å². The predicted octanol–water partition coefficient (Wildman–Crippen LogP) is 4.42. The molecule has 2 aromatic heterocycles. The van der Waals surface area contributed by atoms with E-state index in [2.05, 4.69) is 15.5 Å². The van der Waals surface area contributed by atoms with Crippen molar-refractivity contribution in [1.29, 1.82) is 0 Å². The van der Waals surface area contributed by atoms with Gasteiger partial charge >= 0.3 is 0 Å². The highest BCUT2D eigenvalue weighted by atomic mass is 19.1. The van der Waals surface area contributed by atoms with Gasteiger partial charge in [-0.25, -0.2) is 4.39 Å². The van der Waals surface area contributed by atoms with Crippen LogP contribution < -0.4 is 5.32 Å². The molecule has 0 unspecified atom stereocenters. The number of fused-ring (bicyclic) bond motifs is 1. The molecule has 7 heteroatoms. The van der Waals surface area contributed by atoms with Crippen LogP contribution in [0.25, 0.3) is 22.4 Å². The Bertz CT molecular complexity index is 1120. The summed E-state index contributed by atoms with van der Waals surface area (Å²) in [5.41, 5.74) is 1.45. The number of hydrogen-bond acceptors (Lipinski definition) is 5. The number of halogens is 1. The van der Waals surface area contributed by atoms with Crippen molar-refractivity contribution in [3.05, 3.63) is 71.6 Å². The van der Waals surface area contributed by atoms with Crippen molar-refractivity contribution in [2.24, 2.45) is 0 Å². The zero-order valence-electron chi connectivity index (χ0n) is 14.7. The molecule has 0 bridgehead atoms. The second-order valence-corrected chi connectivity index (χ2v) is 6.19. The van der Waals surface area contributed by atoms with E-state index in [1.54, 1.807) is 26.0 Å². The van der Waals surface area contributed by atoms with E-state index in [0.717, 1.165) is 5.56 Å². The van der Waals surface area contributed by atoms with Gasteiger partial charge in [-0.15, -0.1) is 0 Å². The van der Waals surface area contributed by atoms with E-state index in [9.17, 15) is 9.18 Å². The first kappa shape index (κ1) is 17.0. The van der Waals surface area contributed by atoms with Gasteiger partial charge in [0.15, 0.2) is 17.2 Å². The van der Waals surface area contributed by atoms with Crippen LogP contribution >= 0.6 is 0 Å². The third-order valence-electron chi connectivity index (χ3n) is 4.31. The maximum atomic E-state index is 13.9. The molecule has 6 nitrogen and oxygen atoms in total. The van der Waals surface area contributed by atoms with Crippen LogP contribution in [0.3, 0.4) is 0 Å². The average Bonchev–Trinajstić information content (AvgIpc) is 3.29. The summed E-state index contributed by atoms with van der Waals surface area (Å²) in [5, 5.41) is 7.25. The van der Waals surface area contributed by atoms with Gasteiger partial charge in [0.1, 0.15) is 6.04 Å². The van der Waals surface area contributed by atoms with Gasteiger partial charge in [0, 0.05) is 16.5 Å². The molecule has 1 amide bonds. The molecular weight excluding hydrogens is 349 g/mol. The summed E-state index contributed by atoms with van der Waals surface area (Å²) >= 11 is 0. The summed E-state index contributed by atoms with van der Waals surface area (Å²) in [4.78, 5) is 16.9. The number of nitrogens with zero attached hydrogens (tertiary/aromatic N) is 2. The lowest BCUT2D eigenvalue weighted by molar-refractivity contribution is 0.0905. The second-order valence-electron chi connectivity index (χ2n) is 6.19. The highest BCUT2D eigenvalue weighted by Gasteiger charge is 2.23. The Hall–Kier alpha value is -3.48. The zero-order valence-corrected chi connectivity index (χ0v) is 14.7. The Morgan fingerprint density at radius 3 is 2.67 bits per heavy atom. The first-order valence-electron chi connectivity index (χ1n) is 8.42. The van der Waals surface area contributed by atoms with Crippen molar-refractivity contribution >= 4 is 16.9 Å². The first-order valence-corrected chi connectivity index (χ1v) is 8.42. The first-order chi connectivity index (χ1) is 13.0. The zero-order chi connectivity index (χ0) is 19.0. The number of furan rings is 1. The second kappa shape index (κ2) is 6.68. The molecule has 136 valence electrons. The Morgan fingerprint density at radius 1 is 1.15 bits per heavy atom. The summed E-state index contributed by atoms with van der Waals surface area (Å²) < 4.78 is 24.6. The van der Waals surface area contributed by atoms with Gasteiger partial charge in [0.05, 0.1) is 0 Å². The lowest BCUT2D eigenvalue weighted by Crippen LogP contribution is -2.27. The van der Waals surface area contributed by atoms with Crippen molar-refractivity contribution in [2.75, 3.05) is 0 Å². The monoisotopic (exact) mass is 365 g/mol. The lowest BCUT2D eigenvalue weighted by atomic mass is 10.1. The average molecular weight is 365 g/mol. The van der Waals surface area contributed by atoms with E-state index in [4.69, 9.17) is 8.94 Å². The molecule has 0 aliphatic carbocycles. The van der Waals surface area contributed by atoms with E-state index in [0.29, 0.717) is 16.8 Å². The predicted molar refractivity (Wildman–Crippen MR) is 96.5 cm³/mol. The van der Waals surface area contributed by atoms with Gasteiger partial charge in [-0.2, -0.15) is 4.98 Å². The summed E-state index contributed by atoms with van der Waals surface area (Å²) in [6.07, 6.45) is 0. The van der Waals surface area contributed by atoms with Crippen LogP contribution in [0, 0.1) is 12.7 Å². The number of carbonyl (C=O) groups is 1. The highest BCUT2D eigenvalue weighted by Crippen LogP contribution is 2.27. The molecule has 0 aliphatic rings. The number of aryl methyl sites for hydroxylation is 1. The summed E-state index contributed by atoms with van der Waals surface area (Å²) in [6, 6.07) is 13.4. The summed E-state index contributed by atoms with van der Waals surface area (Å²) in [7, 11) is 0. The molecule has 0 aliphatic heterocycles. The SMILES string of the molecule is Cc1c(C(=O)N[C@H](C)c2nc(-c3ccccc3)no2)oc2c(F)cccc12. The number of rotatable bonds is 4. The molecule has 0 saturated carbocycles. The van der Waals surface area contributed by atoms with E-state index in [-0.39, 0.29) is 17.2 Å². The molecule has 27 heavy (non-hydrogen) atoms. The van der Waals surface area contributed by atoms with Gasteiger partial charge < -0.3 is 14.3 Å². The summed E-state index contributed by atoms with van der Waals surface area (Å²) in [5.74, 6) is -0.220. The quantitative estimate of drug-likeness (QED) is 0.579. The molecule has 0 fully saturated rings. The number of nitrogens with one attached hydrogen (secondary N) is 1. The number of benzene rings is 2. The minimum Gasteiger partial charge on any atom is -0.448 e. The normalized spacial score (nSPS) is 12.3. The smallest absolute Gasteiger partial charge is 0.287 e. The molecule has 2 heterocycles. The number of hydrogen-bond donors (Lipinski definition) is 1. The number of amides is 1. The Morgan fingerprint density at radius 2 is 1.93 bits per heavy atom. The third-order valence-corrected chi connectivity index (χ3v) is 4.31. The Labute approximate surface area is 154 Å². The van der Waals surface area contributed by atoms with E-state index in [1.165, 1.54) is 6.07 Å². The molecule has 2 aromatic carbocycles. The van der Waals surface area contributed by atoms with Crippen LogP contribution in [0.4, 0.5) is 4.39 Å². The molecule has 4 rings (SSSR count). The molecule has 1 N–H and O–H groups in total. The van der Waals surface area contributed by atoms with Crippen LogP contribution in [-0.4, -0.2) is 16.0 Å². The van der Waals surface area contributed by atoms with Crippen molar-refractivity contribution < 1.29 is 18.1 Å². The van der Waals surface area contributed by atoms with E-state index < -0.39 is 17.8 Å². The van der Waals surface area contributed by atoms with Crippen molar-refractivity contribution in [1.82, 2.24) is 15.5 Å². The van der Waals surface area contributed by atoms with Gasteiger partial charge in [0.25, 0.3) is 5.91 Å². The minimum absolute atomic E-state index is 0.0600. The Balaban J connectivity index is 1.56. The van der Waals surface area contributed by atoms with Crippen molar-refractivity contribution in [3.63, 3.8) is 0 Å². The van der Waals surface area contributed by atoms with Gasteiger partial charge in [-0.3, -0.25) is 4.79 Å². The number of carbonyl (C=O) groups excluding carboxylic acids is 1. The fourth-order valence-electron chi connectivity index (χ4n) is 2.86. The number of para-hydroxylation sites is 1. The molecule has 0 saturated heterocycles. The maximum Gasteiger partial charge on any atom is 0.287 e. The highest BCUT2D eigenvalue weighted by molar-refractivity contribution is 5.99. The van der Waals surface area contributed by atoms with Crippen LogP contribution in [0.2, 0.25) is 0 Å². The van der Waals surface area contributed by atoms with E-state index in [1.807, 2.05) is 30.3 Å². The van der Waals surface area contributed by atoms with Crippen molar-refractivity contribution in [3.8, 4) is 11.4 Å². The largest absolute Gasteiger partial charge is 0.448 e. The minimum atomic E-state index is -0.542. The van der Waals surface area contributed by atoms with Crippen LogP contribution in [0.5, 0.6) is 0 Å². The Kier molecular flexibility index (Phi) is 4.19. The molecule has 0 radical (unpaired) electrons. The number of aromatic nitrogens is 2. The molecule has 0 spiro atoms. The topological polar surface area (TPSA) is 81.2 Å². The maximum absolute atomic E-state index is 13.9. The van der Waals surface area contributed by atoms with Gasteiger partial charge in [0.2, 0.25) is 11.7 Å². The summed E-state index contributed by atoms with van der Waals surface area (Å²) in [6.45, 7) is 3.43. The molecule has 4 aromatic rings. The lowest BCUT2D eigenvalue weighted by Gasteiger charge is -2.08. The van der Waals surface area contributed by atoms with Crippen LogP contribution in [0.1, 0.15) is 35.0 Å². The fourth-order valence-corrected chi connectivity index (χ4v) is 2.86. The van der Waals surface area contributed by atoms with Crippen molar-refractivity contribution in [2.45, 2.75) is 19.9 Å². The van der Waals surface area contributed by atoms with Crippen LogP contribution in [-0.2, 0) is 0 Å². The molecule has 1 atom stereocenters. The molecular formula is C20H16FN3O3. The van der Waals surface area contributed by atoms with E-state index >= 15 is 0 Å². The standard InChI is InChI=1S/C20H16FN3O3/c1-11-14-9-6-10-15(21)17(14)26-16(11)19(25)22-12(2)20-23-18(24-27-20)13-7-4-3-5-8-13/h3-10,12H,1-2H3,(H,22,25)/t12-/m1/s1. The third kappa shape index (κ3) is 3.08. The van der Waals surface area contributed by atoms with Gasteiger partial charge in [-0.1, -0.05) is 47.6 Å².